The van der Waals surface area contributed by atoms with Crippen molar-refractivity contribution in [3.05, 3.63) is 54.6 Å². The number of para-hydroxylation sites is 1. The van der Waals surface area contributed by atoms with E-state index in [-0.39, 0.29) is 0 Å². The summed E-state index contributed by atoms with van der Waals surface area (Å²) >= 11 is 0. The molecule has 19 heavy (non-hydrogen) atoms. The molecule has 0 N–H and O–H groups in total. The lowest BCUT2D eigenvalue weighted by Crippen LogP contribution is -2.08. The van der Waals surface area contributed by atoms with E-state index in [4.69, 9.17) is 4.74 Å². The highest BCUT2D eigenvalue weighted by Gasteiger charge is 2.03. The van der Waals surface area contributed by atoms with Crippen molar-refractivity contribution < 1.29 is 4.74 Å². The van der Waals surface area contributed by atoms with Crippen LogP contribution >= 0.6 is 0 Å². The second-order valence-corrected chi connectivity index (χ2v) is 4.30. The predicted octanol–water partition coefficient (Wildman–Crippen LogP) is 4.88. The van der Waals surface area contributed by atoms with Gasteiger partial charge in [0.2, 0.25) is 0 Å². The maximum atomic E-state index is 5.21. The fourth-order valence-corrected chi connectivity index (χ4v) is 1.62. The van der Waals surface area contributed by atoms with E-state index in [1.165, 1.54) is 6.42 Å². The van der Waals surface area contributed by atoms with Crippen molar-refractivity contribution in [3.63, 3.8) is 0 Å². The number of ether oxygens (including phenoxy) is 1. The largest absolute Gasteiger partial charge is 0.497 e. The summed E-state index contributed by atoms with van der Waals surface area (Å²) in [6.45, 7) is 4.25. The molecule has 0 saturated carbocycles. The van der Waals surface area contributed by atoms with Crippen LogP contribution in [0, 0.1) is 0 Å². The van der Waals surface area contributed by atoms with Gasteiger partial charge in [0.25, 0.3) is 0 Å². The Morgan fingerprint density at radius 1 is 0.895 bits per heavy atom. The van der Waals surface area contributed by atoms with Crippen LogP contribution in [-0.4, -0.2) is 14.2 Å². The van der Waals surface area contributed by atoms with Crippen molar-refractivity contribution in [2.75, 3.05) is 19.1 Å². The standard InChI is InChI=1S/C14H15NO.C3H8/c1-15(12-7-4-3-5-8-12)13-9-6-10-14(11-13)16-2;1-3-2/h3-11H,1-2H3;3H2,1-2H3. The molecule has 0 spiro atoms. The first-order valence-electron chi connectivity index (χ1n) is 6.65. The van der Waals surface area contributed by atoms with Crippen molar-refractivity contribution in [3.8, 4) is 5.75 Å². The molecule has 0 aliphatic carbocycles. The van der Waals surface area contributed by atoms with Crippen molar-refractivity contribution in [2.45, 2.75) is 20.3 Å². The number of nitrogens with zero attached hydrogens (tertiary/aromatic N) is 1. The summed E-state index contributed by atoms with van der Waals surface area (Å²) in [6.07, 6.45) is 1.25. The third-order valence-corrected chi connectivity index (χ3v) is 2.58. The van der Waals surface area contributed by atoms with Gasteiger partial charge in [-0.25, -0.2) is 0 Å². The van der Waals surface area contributed by atoms with Crippen LogP contribution in [0.4, 0.5) is 11.4 Å². The summed E-state index contributed by atoms with van der Waals surface area (Å²) in [5.41, 5.74) is 2.28. The van der Waals surface area contributed by atoms with E-state index < -0.39 is 0 Å². The lowest BCUT2D eigenvalue weighted by atomic mass is 10.2. The van der Waals surface area contributed by atoms with Crippen LogP contribution in [0.5, 0.6) is 5.75 Å². The minimum absolute atomic E-state index is 0.875. The summed E-state index contributed by atoms with van der Waals surface area (Å²) in [6, 6.07) is 18.3. The van der Waals surface area contributed by atoms with E-state index in [0.717, 1.165) is 17.1 Å². The Kier molecular flexibility index (Phi) is 6.51. The Bertz CT molecular complexity index is 468. The molecule has 2 aromatic rings. The van der Waals surface area contributed by atoms with Gasteiger partial charge in [-0.3, -0.25) is 0 Å². The van der Waals surface area contributed by atoms with Crippen LogP contribution < -0.4 is 9.64 Å². The maximum absolute atomic E-state index is 5.21. The van der Waals surface area contributed by atoms with Gasteiger partial charge >= 0.3 is 0 Å². The number of anilines is 2. The Hall–Kier alpha value is -1.96. The fraction of sp³-hybridized carbons (Fsp3) is 0.294. The molecule has 0 saturated heterocycles. The SMILES string of the molecule is CCC.COc1cccc(N(C)c2ccccc2)c1. The van der Waals surface area contributed by atoms with Gasteiger partial charge in [0.1, 0.15) is 5.75 Å². The van der Waals surface area contributed by atoms with Crippen molar-refractivity contribution >= 4 is 11.4 Å². The first-order chi connectivity index (χ1) is 9.22. The highest BCUT2D eigenvalue weighted by Crippen LogP contribution is 2.26. The third kappa shape index (κ3) is 4.66. The molecule has 0 atom stereocenters. The van der Waals surface area contributed by atoms with Crippen molar-refractivity contribution in [2.24, 2.45) is 0 Å². The van der Waals surface area contributed by atoms with E-state index in [1.807, 2.05) is 43.4 Å². The molecule has 102 valence electrons. The molecular weight excluding hydrogens is 234 g/mol. The second-order valence-electron chi connectivity index (χ2n) is 4.30. The van der Waals surface area contributed by atoms with Gasteiger partial charge in [0.05, 0.1) is 7.11 Å². The summed E-state index contributed by atoms with van der Waals surface area (Å²) in [7, 11) is 3.73. The zero-order valence-corrected chi connectivity index (χ0v) is 12.3. The molecule has 2 aromatic carbocycles. The van der Waals surface area contributed by atoms with E-state index in [9.17, 15) is 0 Å². The maximum Gasteiger partial charge on any atom is 0.120 e. The van der Waals surface area contributed by atoms with Gasteiger partial charge < -0.3 is 9.64 Å². The molecule has 0 amide bonds. The molecule has 0 aromatic heterocycles. The smallest absolute Gasteiger partial charge is 0.120 e. The quantitative estimate of drug-likeness (QED) is 0.777. The highest BCUT2D eigenvalue weighted by molar-refractivity contribution is 5.63. The summed E-state index contributed by atoms with van der Waals surface area (Å²) < 4.78 is 5.21. The molecule has 2 heteroatoms. The Morgan fingerprint density at radius 3 is 2.05 bits per heavy atom. The summed E-state index contributed by atoms with van der Waals surface area (Å²) in [5, 5.41) is 0. The molecule has 0 aliphatic heterocycles. The van der Waals surface area contributed by atoms with Gasteiger partial charge in [-0.1, -0.05) is 44.5 Å². The van der Waals surface area contributed by atoms with Gasteiger partial charge in [0.15, 0.2) is 0 Å². The summed E-state index contributed by atoms with van der Waals surface area (Å²) in [4.78, 5) is 2.13. The summed E-state index contributed by atoms with van der Waals surface area (Å²) in [5.74, 6) is 0.875. The van der Waals surface area contributed by atoms with Crippen LogP contribution in [0.25, 0.3) is 0 Å². The Balaban J connectivity index is 0.000000550. The lowest BCUT2D eigenvalue weighted by Gasteiger charge is -2.19. The fourth-order valence-electron chi connectivity index (χ4n) is 1.62. The van der Waals surface area contributed by atoms with Crippen LogP contribution in [0.1, 0.15) is 20.3 Å². The van der Waals surface area contributed by atoms with Crippen LogP contribution in [0.3, 0.4) is 0 Å². The molecule has 0 radical (unpaired) electrons. The molecule has 0 bridgehead atoms. The number of hydrogen-bond donors (Lipinski definition) is 0. The highest BCUT2D eigenvalue weighted by atomic mass is 16.5. The molecular formula is C17H23NO. The minimum atomic E-state index is 0.875. The number of rotatable bonds is 3. The van der Waals surface area contributed by atoms with Crippen LogP contribution in [0.15, 0.2) is 54.6 Å². The van der Waals surface area contributed by atoms with Crippen LogP contribution in [-0.2, 0) is 0 Å². The van der Waals surface area contributed by atoms with Gasteiger partial charge in [-0.15, -0.1) is 0 Å². The molecule has 0 heterocycles. The van der Waals surface area contributed by atoms with E-state index in [1.54, 1.807) is 7.11 Å². The number of methoxy groups -OCH3 is 1. The first kappa shape index (κ1) is 15.1. The zero-order valence-electron chi connectivity index (χ0n) is 12.3. The van der Waals surface area contributed by atoms with Gasteiger partial charge in [-0.2, -0.15) is 0 Å². The average Bonchev–Trinajstić information content (AvgIpc) is 2.48. The topological polar surface area (TPSA) is 12.5 Å². The zero-order chi connectivity index (χ0) is 14.1. The monoisotopic (exact) mass is 257 g/mol. The minimum Gasteiger partial charge on any atom is -0.497 e. The Labute approximate surface area is 116 Å². The number of benzene rings is 2. The first-order valence-corrected chi connectivity index (χ1v) is 6.65. The van der Waals surface area contributed by atoms with E-state index in [2.05, 4.69) is 36.9 Å². The molecule has 2 nitrogen and oxygen atoms in total. The van der Waals surface area contributed by atoms with E-state index in [0.29, 0.717) is 0 Å². The van der Waals surface area contributed by atoms with E-state index >= 15 is 0 Å². The van der Waals surface area contributed by atoms with Gasteiger partial charge in [0, 0.05) is 24.5 Å². The molecule has 0 aliphatic rings. The molecule has 2 rings (SSSR count). The predicted molar refractivity (Wildman–Crippen MR) is 83.5 cm³/mol. The Morgan fingerprint density at radius 2 is 1.47 bits per heavy atom. The average molecular weight is 257 g/mol. The molecule has 0 unspecified atom stereocenters. The van der Waals surface area contributed by atoms with Crippen molar-refractivity contribution in [1.29, 1.82) is 0 Å². The van der Waals surface area contributed by atoms with Crippen molar-refractivity contribution in [1.82, 2.24) is 0 Å². The van der Waals surface area contributed by atoms with Crippen LogP contribution in [0.2, 0.25) is 0 Å². The second kappa shape index (κ2) is 8.20. The lowest BCUT2D eigenvalue weighted by molar-refractivity contribution is 0.415. The number of hydrogen-bond acceptors (Lipinski definition) is 2. The molecule has 0 fully saturated rings. The normalized spacial score (nSPS) is 9.26. The third-order valence-electron chi connectivity index (χ3n) is 2.58. The van der Waals surface area contributed by atoms with Gasteiger partial charge in [-0.05, 0) is 24.3 Å².